The highest BCUT2D eigenvalue weighted by Gasteiger charge is 2.29. The molecule has 0 spiro atoms. The predicted molar refractivity (Wildman–Crippen MR) is 75.5 cm³/mol. The number of hydrogen-bond acceptors (Lipinski definition) is 3. The van der Waals surface area contributed by atoms with Crippen LogP contribution in [0.3, 0.4) is 0 Å². The van der Waals surface area contributed by atoms with E-state index in [2.05, 4.69) is 15.3 Å². The third kappa shape index (κ3) is 2.39. The van der Waals surface area contributed by atoms with E-state index in [0.717, 1.165) is 11.2 Å². The maximum Gasteiger partial charge on any atom is 0.323 e. The first-order chi connectivity index (χ1) is 8.85. The molecule has 1 heterocycles. The number of nitrogens with zero attached hydrogens (tertiary/aromatic N) is 1. The van der Waals surface area contributed by atoms with Crippen LogP contribution in [0.4, 0.5) is 5.69 Å². The van der Waals surface area contributed by atoms with Crippen LogP contribution in [-0.4, -0.2) is 35.5 Å². The highest BCUT2D eigenvalue weighted by Crippen LogP contribution is 2.20. The van der Waals surface area contributed by atoms with Gasteiger partial charge < -0.3 is 20.2 Å². The molecule has 0 aliphatic rings. The van der Waals surface area contributed by atoms with E-state index in [4.69, 9.17) is 0 Å². The molecule has 2 aromatic rings. The van der Waals surface area contributed by atoms with Crippen molar-refractivity contribution in [3.05, 3.63) is 28.7 Å². The van der Waals surface area contributed by atoms with Gasteiger partial charge in [0.25, 0.3) is 0 Å². The summed E-state index contributed by atoms with van der Waals surface area (Å²) >= 11 is 0. The van der Waals surface area contributed by atoms with Crippen molar-refractivity contribution in [2.24, 2.45) is 0 Å². The molecule has 6 heteroatoms. The Kier molecular flexibility index (Phi) is 3.20. The second kappa shape index (κ2) is 4.55. The number of benzene rings is 1. The van der Waals surface area contributed by atoms with Gasteiger partial charge in [-0.1, -0.05) is 0 Å². The van der Waals surface area contributed by atoms with E-state index < -0.39 is 5.54 Å². The molecular formula is C13H18N4O2. The number of fused-ring (bicyclic) bond motifs is 1. The van der Waals surface area contributed by atoms with E-state index in [1.54, 1.807) is 37.2 Å². The van der Waals surface area contributed by atoms with Gasteiger partial charge in [0.15, 0.2) is 0 Å². The fourth-order valence-corrected chi connectivity index (χ4v) is 1.87. The van der Waals surface area contributed by atoms with Crippen molar-refractivity contribution in [3.63, 3.8) is 0 Å². The minimum atomic E-state index is -0.644. The molecule has 0 aliphatic heterocycles. The number of anilines is 1. The van der Waals surface area contributed by atoms with Crippen LogP contribution in [-0.2, 0) is 4.79 Å². The Morgan fingerprint density at radius 1 is 1.26 bits per heavy atom. The van der Waals surface area contributed by atoms with Crippen LogP contribution in [0.25, 0.3) is 11.0 Å². The number of H-pyrrole nitrogens is 2. The van der Waals surface area contributed by atoms with Gasteiger partial charge in [0.2, 0.25) is 5.91 Å². The summed E-state index contributed by atoms with van der Waals surface area (Å²) in [4.78, 5) is 30.4. The molecule has 0 aliphatic carbocycles. The Hall–Kier alpha value is -2.08. The molecule has 0 unspecified atom stereocenters. The second-order valence-corrected chi connectivity index (χ2v) is 5.05. The zero-order chi connectivity index (χ0) is 14.2. The molecule has 102 valence electrons. The maximum atomic E-state index is 12.3. The number of carbonyl (C=O) groups is 1. The third-order valence-corrected chi connectivity index (χ3v) is 3.35. The molecule has 1 aromatic heterocycles. The normalized spacial score (nSPS) is 11.8. The number of aromatic amines is 2. The number of carbonyl (C=O) groups excluding carboxylic acids is 1. The molecule has 0 bridgehead atoms. The lowest BCUT2D eigenvalue weighted by molar-refractivity contribution is -0.123. The Bertz CT molecular complexity index is 669. The summed E-state index contributed by atoms with van der Waals surface area (Å²) < 4.78 is 0. The van der Waals surface area contributed by atoms with E-state index in [0.29, 0.717) is 5.52 Å². The molecule has 0 saturated heterocycles. The monoisotopic (exact) mass is 262 g/mol. The van der Waals surface area contributed by atoms with Crippen molar-refractivity contribution in [2.75, 3.05) is 19.0 Å². The first-order valence-corrected chi connectivity index (χ1v) is 6.04. The zero-order valence-electron chi connectivity index (χ0n) is 11.5. The fourth-order valence-electron chi connectivity index (χ4n) is 1.87. The summed E-state index contributed by atoms with van der Waals surface area (Å²) in [5, 5.41) is 2.98. The predicted octanol–water partition coefficient (Wildman–Crippen LogP) is 0.817. The standard InChI is InChI=1S/C13H18N4O2/c1-13(2,14-3)11(18)17(4)8-5-6-9-10(7-8)16-12(19)15-9/h5-7,14H,1-4H3,(H2,15,16,19). The van der Waals surface area contributed by atoms with Gasteiger partial charge in [-0.15, -0.1) is 0 Å². The Morgan fingerprint density at radius 2 is 1.89 bits per heavy atom. The minimum Gasteiger partial charge on any atom is -0.314 e. The molecule has 2 rings (SSSR count). The number of imidazole rings is 1. The van der Waals surface area contributed by atoms with Crippen LogP contribution in [0.1, 0.15) is 13.8 Å². The molecule has 0 radical (unpaired) electrons. The third-order valence-electron chi connectivity index (χ3n) is 3.35. The van der Waals surface area contributed by atoms with E-state index in [1.165, 1.54) is 0 Å². The van der Waals surface area contributed by atoms with Gasteiger partial charge in [0.1, 0.15) is 0 Å². The molecule has 0 fully saturated rings. The molecule has 1 aromatic carbocycles. The van der Waals surface area contributed by atoms with E-state index >= 15 is 0 Å². The van der Waals surface area contributed by atoms with Gasteiger partial charge in [0.05, 0.1) is 16.6 Å². The van der Waals surface area contributed by atoms with Gasteiger partial charge in [-0.3, -0.25) is 4.79 Å². The van der Waals surface area contributed by atoms with Crippen molar-refractivity contribution < 1.29 is 4.79 Å². The Morgan fingerprint density at radius 3 is 2.53 bits per heavy atom. The average Bonchev–Trinajstić information content (AvgIpc) is 2.75. The molecule has 1 amide bonds. The molecule has 6 nitrogen and oxygen atoms in total. The summed E-state index contributed by atoms with van der Waals surface area (Å²) in [6.45, 7) is 3.64. The first kappa shape index (κ1) is 13.4. The molecular weight excluding hydrogens is 244 g/mol. The van der Waals surface area contributed by atoms with Crippen molar-refractivity contribution in [3.8, 4) is 0 Å². The SMILES string of the molecule is CNC(C)(C)C(=O)N(C)c1ccc2[nH]c(=O)[nH]c2c1. The highest BCUT2D eigenvalue weighted by atomic mass is 16.2. The van der Waals surface area contributed by atoms with Gasteiger partial charge in [-0.05, 0) is 39.1 Å². The van der Waals surface area contributed by atoms with Gasteiger partial charge >= 0.3 is 5.69 Å². The second-order valence-electron chi connectivity index (χ2n) is 5.05. The van der Waals surface area contributed by atoms with Gasteiger partial charge in [-0.2, -0.15) is 0 Å². The Labute approximate surface area is 110 Å². The number of aromatic nitrogens is 2. The highest BCUT2D eigenvalue weighted by molar-refractivity contribution is 6.00. The largest absolute Gasteiger partial charge is 0.323 e. The summed E-state index contributed by atoms with van der Waals surface area (Å²) in [6.07, 6.45) is 0. The maximum absolute atomic E-state index is 12.3. The number of hydrogen-bond donors (Lipinski definition) is 3. The van der Waals surface area contributed by atoms with Crippen molar-refractivity contribution in [1.82, 2.24) is 15.3 Å². The number of rotatable bonds is 3. The summed E-state index contributed by atoms with van der Waals surface area (Å²) in [7, 11) is 3.46. The molecule has 0 saturated carbocycles. The lowest BCUT2D eigenvalue weighted by Crippen LogP contribution is -2.51. The number of likely N-dealkylation sites (N-methyl/N-ethyl adjacent to an activating group) is 2. The van der Waals surface area contributed by atoms with Crippen molar-refractivity contribution in [2.45, 2.75) is 19.4 Å². The van der Waals surface area contributed by atoms with Crippen LogP contribution >= 0.6 is 0 Å². The van der Waals surface area contributed by atoms with E-state index in [9.17, 15) is 9.59 Å². The lowest BCUT2D eigenvalue weighted by Gasteiger charge is -2.29. The quantitative estimate of drug-likeness (QED) is 0.766. The first-order valence-electron chi connectivity index (χ1n) is 6.04. The Balaban J connectivity index is 2.38. The van der Waals surface area contributed by atoms with E-state index in [-0.39, 0.29) is 11.6 Å². The lowest BCUT2D eigenvalue weighted by atomic mass is 10.0. The smallest absolute Gasteiger partial charge is 0.314 e. The van der Waals surface area contributed by atoms with Gasteiger partial charge in [0, 0.05) is 12.7 Å². The topological polar surface area (TPSA) is 81.0 Å². The van der Waals surface area contributed by atoms with E-state index in [1.807, 2.05) is 13.8 Å². The number of nitrogens with one attached hydrogen (secondary N) is 3. The molecule has 19 heavy (non-hydrogen) atoms. The number of amides is 1. The van der Waals surface area contributed by atoms with Crippen LogP contribution in [0.5, 0.6) is 0 Å². The van der Waals surface area contributed by atoms with Crippen LogP contribution in [0.15, 0.2) is 23.0 Å². The van der Waals surface area contributed by atoms with Crippen molar-refractivity contribution >= 4 is 22.6 Å². The summed E-state index contributed by atoms with van der Waals surface area (Å²) in [5.74, 6) is -0.0489. The molecule has 3 N–H and O–H groups in total. The fraction of sp³-hybridized carbons (Fsp3) is 0.385. The minimum absolute atomic E-state index is 0.0489. The van der Waals surface area contributed by atoms with Crippen LogP contribution < -0.4 is 15.9 Å². The van der Waals surface area contributed by atoms with Crippen LogP contribution in [0, 0.1) is 0 Å². The van der Waals surface area contributed by atoms with Crippen LogP contribution in [0.2, 0.25) is 0 Å². The average molecular weight is 262 g/mol. The van der Waals surface area contributed by atoms with Crippen molar-refractivity contribution in [1.29, 1.82) is 0 Å². The van der Waals surface area contributed by atoms with Gasteiger partial charge in [-0.25, -0.2) is 4.79 Å². The summed E-state index contributed by atoms with van der Waals surface area (Å²) in [5.41, 5.74) is 1.24. The summed E-state index contributed by atoms with van der Waals surface area (Å²) in [6, 6.07) is 5.35. The molecule has 0 atom stereocenters. The zero-order valence-corrected chi connectivity index (χ0v) is 11.5.